The van der Waals surface area contributed by atoms with E-state index in [0.717, 1.165) is 12.0 Å². The smallest absolute Gasteiger partial charge is 0.124 e. The van der Waals surface area contributed by atoms with Crippen LogP contribution in [-0.4, -0.2) is 5.88 Å². The zero-order valence-electron chi connectivity index (χ0n) is 7.86. The van der Waals surface area contributed by atoms with Crippen LogP contribution >= 0.6 is 23.2 Å². The molecule has 0 nitrogen and oxygen atoms in total. The van der Waals surface area contributed by atoms with Gasteiger partial charge in [-0.2, -0.15) is 0 Å². The van der Waals surface area contributed by atoms with Gasteiger partial charge < -0.3 is 0 Å². The van der Waals surface area contributed by atoms with Crippen LogP contribution in [0.1, 0.15) is 18.9 Å². The van der Waals surface area contributed by atoms with Crippen LogP contribution in [0.25, 0.3) is 0 Å². The van der Waals surface area contributed by atoms with E-state index in [0.29, 0.717) is 16.8 Å². The highest BCUT2D eigenvalue weighted by molar-refractivity contribution is 6.31. The molecule has 1 saturated carbocycles. The van der Waals surface area contributed by atoms with Crippen LogP contribution in [0.3, 0.4) is 0 Å². The summed E-state index contributed by atoms with van der Waals surface area (Å²) >= 11 is 11.8. The second-order valence-electron chi connectivity index (χ2n) is 4.10. The van der Waals surface area contributed by atoms with Gasteiger partial charge in [-0.05, 0) is 35.4 Å². The molecule has 0 aromatic heterocycles. The molecule has 1 aromatic rings. The monoisotopic (exact) mass is 232 g/mol. The molecule has 76 valence electrons. The number of hydrogen-bond acceptors (Lipinski definition) is 0. The maximum atomic E-state index is 12.8. The molecule has 1 aliphatic rings. The Bertz CT molecular complexity index is 364. The number of benzene rings is 1. The minimum absolute atomic E-state index is 0.0620. The third-order valence-corrected chi connectivity index (χ3v) is 3.83. The van der Waals surface area contributed by atoms with E-state index in [4.69, 9.17) is 23.2 Å². The predicted molar refractivity (Wildman–Crippen MR) is 57.6 cm³/mol. The van der Waals surface area contributed by atoms with Gasteiger partial charge in [-0.1, -0.05) is 24.6 Å². The Kier molecular flexibility index (Phi) is 2.48. The molecule has 0 spiro atoms. The Balaban J connectivity index is 2.34. The number of alkyl halides is 1. The molecule has 0 amide bonds. The topological polar surface area (TPSA) is 0 Å². The number of halogens is 3. The van der Waals surface area contributed by atoms with E-state index in [9.17, 15) is 4.39 Å². The van der Waals surface area contributed by atoms with Crippen molar-refractivity contribution in [3.8, 4) is 0 Å². The molecule has 0 bridgehead atoms. The number of hydrogen-bond donors (Lipinski definition) is 0. The van der Waals surface area contributed by atoms with E-state index in [1.54, 1.807) is 6.07 Å². The highest BCUT2D eigenvalue weighted by atomic mass is 35.5. The minimum atomic E-state index is -0.287. The molecule has 1 aliphatic carbocycles. The molecule has 14 heavy (non-hydrogen) atoms. The van der Waals surface area contributed by atoms with E-state index >= 15 is 0 Å². The Morgan fingerprint density at radius 1 is 1.57 bits per heavy atom. The second kappa shape index (κ2) is 3.39. The molecule has 0 heterocycles. The van der Waals surface area contributed by atoms with Crippen molar-refractivity contribution in [3.63, 3.8) is 0 Å². The van der Waals surface area contributed by atoms with Gasteiger partial charge in [-0.3, -0.25) is 0 Å². The fourth-order valence-corrected chi connectivity index (χ4v) is 2.79. The van der Waals surface area contributed by atoms with E-state index < -0.39 is 0 Å². The maximum Gasteiger partial charge on any atom is 0.124 e. The van der Waals surface area contributed by atoms with Crippen LogP contribution in [0.5, 0.6) is 0 Å². The summed E-state index contributed by atoms with van der Waals surface area (Å²) in [5.41, 5.74) is 1.08. The molecule has 2 rings (SSSR count). The van der Waals surface area contributed by atoms with Crippen molar-refractivity contribution in [3.05, 3.63) is 34.6 Å². The van der Waals surface area contributed by atoms with Gasteiger partial charge in [0.25, 0.3) is 0 Å². The van der Waals surface area contributed by atoms with E-state index in [1.165, 1.54) is 12.1 Å². The number of rotatable bonds is 2. The Morgan fingerprint density at radius 2 is 2.29 bits per heavy atom. The van der Waals surface area contributed by atoms with Crippen LogP contribution in [0, 0.1) is 11.7 Å². The van der Waals surface area contributed by atoms with Crippen molar-refractivity contribution in [2.75, 3.05) is 5.88 Å². The first kappa shape index (κ1) is 10.3. The second-order valence-corrected chi connectivity index (χ2v) is 4.81. The first-order chi connectivity index (χ1) is 6.58. The Hall–Kier alpha value is -0.270. The van der Waals surface area contributed by atoms with Crippen LogP contribution < -0.4 is 0 Å². The third kappa shape index (κ3) is 1.53. The lowest BCUT2D eigenvalue weighted by atomic mass is 9.96. The summed E-state index contributed by atoms with van der Waals surface area (Å²) in [5.74, 6) is 0.835. The van der Waals surface area contributed by atoms with Crippen molar-refractivity contribution in [2.45, 2.75) is 18.8 Å². The molecule has 0 aliphatic heterocycles. The van der Waals surface area contributed by atoms with Gasteiger partial charge in [-0.25, -0.2) is 4.39 Å². The molecule has 3 heteroatoms. The first-order valence-corrected chi connectivity index (χ1v) is 5.50. The first-order valence-electron chi connectivity index (χ1n) is 4.59. The molecule has 0 radical (unpaired) electrons. The van der Waals surface area contributed by atoms with Crippen molar-refractivity contribution in [1.82, 2.24) is 0 Å². The normalized spacial score (nSPS) is 30.4. The van der Waals surface area contributed by atoms with Gasteiger partial charge in [0.1, 0.15) is 5.82 Å². The van der Waals surface area contributed by atoms with Gasteiger partial charge in [0.15, 0.2) is 0 Å². The molecule has 1 fully saturated rings. The van der Waals surface area contributed by atoms with Crippen molar-refractivity contribution >= 4 is 23.2 Å². The predicted octanol–water partition coefficient (Wildman–Crippen LogP) is 4.00. The Morgan fingerprint density at radius 3 is 2.79 bits per heavy atom. The van der Waals surface area contributed by atoms with Crippen LogP contribution in [0.15, 0.2) is 18.2 Å². The quantitative estimate of drug-likeness (QED) is 0.677. The minimum Gasteiger partial charge on any atom is -0.207 e. The zero-order valence-corrected chi connectivity index (χ0v) is 9.37. The van der Waals surface area contributed by atoms with Gasteiger partial charge >= 0.3 is 0 Å². The fourth-order valence-electron chi connectivity index (χ4n) is 1.96. The summed E-state index contributed by atoms with van der Waals surface area (Å²) in [5, 5.41) is 0.514. The lowest BCUT2D eigenvalue weighted by Gasteiger charge is -2.12. The van der Waals surface area contributed by atoms with E-state index in [1.807, 2.05) is 0 Å². The fraction of sp³-hybridized carbons (Fsp3) is 0.455. The van der Waals surface area contributed by atoms with Crippen molar-refractivity contribution in [2.24, 2.45) is 5.92 Å². The van der Waals surface area contributed by atoms with Gasteiger partial charge in [0.2, 0.25) is 0 Å². The average molecular weight is 233 g/mol. The molecular weight excluding hydrogens is 222 g/mol. The molecule has 0 saturated heterocycles. The molecule has 2 unspecified atom stereocenters. The van der Waals surface area contributed by atoms with Gasteiger partial charge in [0, 0.05) is 10.9 Å². The lowest BCUT2D eigenvalue weighted by Crippen LogP contribution is -2.06. The van der Waals surface area contributed by atoms with Gasteiger partial charge in [-0.15, -0.1) is 11.6 Å². The van der Waals surface area contributed by atoms with Crippen LogP contribution in [-0.2, 0) is 5.41 Å². The molecular formula is C11H11Cl2F. The van der Waals surface area contributed by atoms with Gasteiger partial charge in [0.05, 0.1) is 0 Å². The van der Waals surface area contributed by atoms with Crippen molar-refractivity contribution < 1.29 is 4.39 Å². The SMILES string of the molecule is CC1(c2ccc(F)cc2Cl)CC1CCl. The standard InChI is InChI=1S/C11H11Cl2F/c1-11(5-7(11)6-12)9-3-2-8(14)4-10(9)13/h2-4,7H,5-6H2,1H3. The summed E-state index contributed by atoms with van der Waals surface area (Å²) in [6.07, 6.45) is 1.04. The van der Waals surface area contributed by atoms with Crippen LogP contribution in [0.4, 0.5) is 4.39 Å². The zero-order chi connectivity index (χ0) is 10.3. The summed E-state index contributed by atoms with van der Waals surface area (Å²) in [6.45, 7) is 2.12. The molecule has 0 N–H and O–H groups in total. The third-order valence-electron chi connectivity index (χ3n) is 3.14. The van der Waals surface area contributed by atoms with Crippen molar-refractivity contribution in [1.29, 1.82) is 0 Å². The lowest BCUT2D eigenvalue weighted by molar-refractivity contribution is 0.623. The summed E-state index contributed by atoms with van der Waals surface area (Å²) < 4.78 is 12.8. The highest BCUT2D eigenvalue weighted by Gasteiger charge is 2.51. The maximum absolute atomic E-state index is 12.8. The summed E-state index contributed by atoms with van der Waals surface area (Å²) in [7, 11) is 0. The van der Waals surface area contributed by atoms with E-state index in [2.05, 4.69) is 6.92 Å². The summed E-state index contributed by atoms with van der Waals surface area (Å²) in [4.78, 5) is 0. The molecule has 2 atom stereocenters. The van der Waals surface area contributed by atoms with Crippen LogP contribution in [0.2, 0.25) is 5.02 Å². The Labute approximate surface area is 93.0 Å². The van der Waals surface area contributed by atoms with E-state index in [-0.39, 0.29) is 11.2 Å². The molecule has 1 aromatic carbocycles. The average Bonchev–Trinajstić information content (AvgIpc) is 2.77. The highest BCUT2D eigenvalue weighted by Crippen LogP contribution is 2.56. The largest absolute Gasteiger partial charge is 0.207 e. The summed E-state index contributed by atoms with van der Waals surface area (Å²) in [6, 6.07) is 4.59.